The average Bonchev–Trinajstić information content (AvgIpc) is 3.29. The van der Waals surface area contributed by atoms with Gasteiger partial charge in [0.1, 0.15) is 5.76 Å². The van der Waals surface area contributed by atoms with Gasteiger partial charge in [0, 0.05) is 17.5 Å². The quantitative estimate of drug-likeness (QED) is 0.515. The van der Waals surface area contributed by atoms with E-state index in [0.29, 0.717) is 11.3 Å². The van der Waals surface area contributed by atoms with Crippen LogP contribution in [0.15, 0.2) is 75.8 Å². The molecule has 0 saturated carbocycles. The van der Waals surface area contributed by atoms with Gasteiger partial charge in [0.05, 0.1) is 18.5 Å². The summed E-state index contributed by atoms with van der Waals surface area (Å²) in [5, 5.41) is 14.6. The first-order valence-electron chi connectivity index (χ1n) is 7.64. The van der Waals surface area contributed by atoms with Gasteiger partial charge in [0.15, 0.2) is 0 Å². The monoisotopic (exact) mass is 369 g/mol. The number of thiazole rings is 1. The van der Waals surface area contributed by atoms with Gasteiger partial charge >= 0.3 is 5.97 Å². The number of nitrogens with one attached hydrogen (secondary N) is 1. The van der Waals surface area contributed by atoms with E-state index in [2.05, 4.69) is 10.5 Å². The minimum atomic E-state index is -1.20. The van der Waals surface area contributed by atoms with Gasteiger partial charge in [-0.2, -0.15) is 0 Å². The molecule has 26 heavy (non-hydrogen) atoms. The first-order valence-corrected chi connectivity index (χ1v) is 8.52. The number of nitrogens with zero attached hydrogens (tertiary/aromatic N) is 2. The highest BCUT2D eigenvalue weighted by Gasteiger charge is 2.10. The maximum atomic E-state index is 11.6. The van der Waals surface area contributed by atoms with Crippen molar-refractivity contribution in [3.8, 4) is 11.3 Å². The fourth-order valence-corrected chi connectivity index (χ4v) is 3.13. The van der Waals surface area contributed by atoms with Crippen molar-refractivity contribution in [1.29, 1.82) is 0 Å². The van der Waals surface area contributed by atoms with E-state index in [-0.39, 0.29) is 0 Å². The van der Waals surface area contributed by atoms with E-state index in [1.54, 1.807) is 12.3 Å². The summed E-state index contributed by atoms with van der Waals surface area (Å²) < 4.78 is 7.34. The molecule has 0 radical (unpaired) electrons. The van der Waals surface area contributed by atoms with Gasteiger partial charge in [-0.15, -0.1) is 16.4 Å². The molecule has 0 unspecified atom stereocenters. The van der Waals surface area contributed by atoms with Crippen molar-refractivity contribution in [3.05, 3.63) is 76.8 Å². The van der Waals surface area contributed by atoms with Crippen LogP contribution in [-0.2, 0) is 16.1 Å². The zero-order valence-corrected chi connectivity index (χ0v) is 14.3. The minimum absolute atomic E-state index is 0.445. The Morgan fingerprint density at radius 3 is 2.69 bits per heavy atom. The average molecular weight is 369 g/mol. The van der Waals surface area contributed by atoms with E-state index in [9.17, 15) is 9.59 Å². The lowest BCUT2D eigenvalue weighted by molar-refractivity contribution is -0.131. The van der Waals surface area contributed by atoms with Crippen molar-refractivity contribution < 1.29 is 19.1 Å². The Morgan fingerprint density at radius 2 is 2.00 bits per heavy atom. The van der Waals surface area contributed by atoms with Crippen LogP contribution < -0.4 is 10.2 Å². The van der Waals surface area contributed by atoms with Crippen molar-refractivity contribution >= 4 is 23.2 Å². The first kappa shape index (κ1) is 17.4. The standard InChI is InChI=1S/C18H15N3O4S/c22-16(8-9-17(23)24)19-20-18-21(11-14-7-4-10-25-14)15(12-26-18)13-5-2-1-3-6-13/h1-10,12H,11H2,(H,19,22)(H,23,24)/b9-8+,20-18-. The number of hydrogen-bond acceptors (Lipinski definition) is 5. The highest BCUT2D eigenvalue weighted by Crippen LogP contribution is 2.20. The van der Waals surface area contributed by atoms with Crippen molar-refractivity contribution in [1.82, 2.24) is 9.99 Å². The Balaban J connectivity index is 1.94. The number of carboxylic acid groups (broad SMARTS) is 1. The summed E-state index contributed by atoms with van der Waals surface area (Å²) in [7, 11) is 0. The van der Waals surface area contributed by atoms with Crippen molar-refractivity contribution in [2.24, 2.45) is 5.10 Å². The molecule has 2 aromatic heterocycles. The zero-order chi connectivity index (χ0) is 18.4. The number of aliphatic carboxylic acids is 1. The van der Waals surface area contributed by atoms with Crippen LogP contribution >= 0.6 is 11.3 Å². The first-order chi connectivity index (χ1) is 12.6. The topological polar surface area (TPSA) is 96.8 Å². The van der Waals surface area contributed by atoms with Gasteiger partial charge in [0.25, 0.3) is 5.91 Å². The van der Waals surface area contributed by atoms with E-state index in [1.807, 2.05) is 46.3 Å². The number of rotatable bonds is 6. The normalized spacial score (nSPS) is 11.8. The lowest BCUT2D eigenvalue weighted by Crippen LogP contribution is -2.24. The van der Waals surface area contributed by atoms with Crippen molar-refractivity contribution in [2.75, 3.05) is 0 Å². The third-order valence-corrected chi connectivity index (χ3v) is 4.26. The molecule has 8 heteroatoms. The molecule has 3 rings (SSSR count). The molecule has 0 bridgehead atoms. The lowest BCUT2D eigenvalue weighted by atomic mass is 10.2. The summed E-state index contributed by atoms with van der Waals surface area (Å²) in [5.74, 6) is -1.07. The van der Waals surface area contributed by atoms with Crippen LogP contribution in [0.25, 0.3) is 11.3 Å². The van der Waals surface area contributed by atoms with Crippen LogP contribution in [0.5, 0.6) is 0 Å². The number of amides is 1. The Morgan fingerprint density at radius 1 is 1.19 bits per heavy atom. The van der Waals surface area contributed by atoms with E-state index < -0.39 is 11.9 Å². The second-order valence-corrected chi connectivity index (χ2v) is 6.03. The predicted octanol–water partition coefficient (Wildman–Crippen LogP) is 2.43. The van der Waals surface area contributed by atoms with E-state index in [0.717, 1.165) is 29.2 Å². The third kappa shape index (κ3) is 4.37. The molecule has 0 aliphatic carbocycles. The van der Waals surface area contributed by atoms with E-state index in [4.69, 9.17) is 9.52 Å². The number of aromatic nitrogens is 1. The lowest BCUT2D eigenvalue weighted by Gasteiger charge is -2.07. The Kier molecular flexibility index (Phi) is 5.45. The summed E-state index contributed by atoms with van der Waals surface area (Å²) in [4.78, 5) is 22.7. The summed E-state index contributed by atoms with van der Waals surface area (Å²) in [6.07, 6.45) is 3.26. The number of benzene rings is 1. The van der Waals surface area contributed by atoms with Crippen LogP contribution in [0.2, 0.25) is 0 Å². The van der Waals surface area contributed by atoms with E-state index in [1.165, 1.54) is 11.3 Å². The molecule has 0 spiro atoms. The summed E-state index contributed by atoms with van der Waals surface area (Å²) in [5.41, 5.74) is 4.27. The molecule has 132 valence electrons. The Hall–Kier alpha value is -3.39. The summed E-state index contributed by atoms with van der Waals surface area (Å²) in [6.45, 7) is 0.445. The number of hydrogen-bond donors (Lipinski definition) is 2. The van der Waals surface area contributed by atoms with Gasteiger partial charge in [-0.05, 0) is 17.7 Å². The molecule has 0 fully saturated rings. The maximum absolute atomic E-state index is 11.6. The Bertz CT molecular complexity index is 985. The van der Waals surface area contributed by atoms with Crippen molar-refractivity contribution in [3.63, 3.8) is 0 Å². The smallest absolute Gasteiger partial charge is 0.328 e. The molecule has 3 aromatic rings. The predicted molar refractivity (Wildman–Crippen MR) is 96.0 cm³/mol. The molecule has 0 aliphatic rings. The fourth-order valence-electron chi connectivity index (χ4n) is 2.26. The zero-order valence-electron chi connectivity index (χ0n) is 13.5. The van der Waals surface area contributed by atoms with Crippen LogP contribution in [0.4, 0.5) is 0 Å². The van der Waals surface area contributed by atoms with Gasteiger partial charge in [-0.1, -0.05) is 30.3 Å². The number of carbonyl (C=O) groups is 2. The summed E-state index contributed by atoms with van der Waals surface area (Å²) >= 11 is 1.36. The molecule has 1 aromatic carbocycles. The molecule has 0 atom stereocenters. The molecule has 0 saturated heterocycles. The fraction of sp³-hybridized carbons (Fsp3) is 0.0556. The molecule has 1 amide bonds. The van der Waals surface area contributed by atoms with Gasteiger partial charge in [-0.25, -0.2) is 10.2 Å². The molecule has 7 nitrogen and oxygen atoms in total. The SMILES string of the molecule is O=C(O)/C=C/C(=O)N/N=c1\scc(-c2ccccc2)n1Cc1ccco1. The number of carbonyl (C=O) groups excluding carboxylic acids is 1. The van der Waals surface area contributed by atoms with E-state index >= 15 is 0 Å². The third-order valence-electron chi connectivity index (χ3n) is 3.40. The number of furan rings is 1. The van der Waals surface area contributed by atoms with Crippen LogP contribution in [-0.4, -0.2) is 21.6 Å². The minimum Gasteiger partial charge on any atom is -0.478 e. The molecular weight excluding hydrogens is 354 g/mol. The number of carboxylic acids is 1. The van der Waals surface area contributed by atoms with Crippen LogP contribution in [0, 0.1) is 0 Å². The highest BCUT2D eigenvalue weighted by molar-refractivity contribution is 7.07. The molecular formula is C18H15N3O4S. The summed E-state index contributed by atoms with van der Waals surface area (Å²) in [6, 6.07) is 13.5. The van der Waals surface area contributed by atoms with Crippen molar-refractivity contribution in [2.45, 2.75) is 6.54 Å². The highest BCUT2D eigenvalue weighted by atomic mass is 32.1. The Labute approximate surface area is 152 Å². The molecule has 2 N–H and O–H groups in total. The van der Waals surface area contributed by atoms with Gasteiger partial charge in [-0.3, -0.25) is 4.79 Å². The molecule has 0 aliphatic heterocycles. The van der Waals surface area contributed by atoms with Crippen LogP contribution in [0.1, 0.15) is 5.76 Å². The van der Waals surface area contributed by atoms with Gasteiger partial charge in [0.2, 0.25) is 4.80 Å². The maximum Gasteiger partial charge on any atom is 0.328 e. The largest absolute Gasteiger partial charge is 0.478 e. The van der Waals surface area contributed by atoms with Gasteiger partial charge < -0.3 is 14.1 Å². The second-order valence-electron chi connectivity index (χ2n) is 5.19. The molecule has 2 heterocycles. The second kappa shape index (κ2) is 8.13. The van der Waals surface area contributed by atoms with Crippen LogP contribution in [0.3, 0.4) is 0 Å².